The second kappa shape index (κ2) is 11.9. The first-order valence-corrected chi connectivity index (χ1v) is 14.5. The van der Waals surface area contributed by atoms with E-state index in [1.807, 2.05) is 48.5 Å². The van der Waals surface area contributed by atoms with Crippen LogP contribution >= 0.6 is 0 Å². The van der Waals surface area contributed by atoms with E-state index in [1.165, 1.54) is 11.9 Å². The molecule has 0 unspecified atom stereocenters. The van der Waals surface area contributed by atoms with Crippen LogP contribution in [0.25, 0.3) is 39.5 Å². The van der Waals surface area contributed by atoms with Gasteiger partial charge in [-0.25, -0.2) is 24.9 Å². The zero-order chi connectivity index (χ0) is 29.9. The Kier molecular flexibility index (Phi) is 7.32. The van der Waals surface area contributed by atoms with Gasteiger partial charge in [-0.3, -0.25) is 9.47 Å². The van der Waals surface area contributed by atoms with Gasteiger partial charge in [-0.1, -0.05) is 42.5 Å². The number of benzene rings is 2. The van der Waals surface area contributed by atoms with Crippen LogP contribution in [0, 0.1) is 11.3 Å². The van der Waals surface area contributed by atoms with Crippen LogP contribution in [-0.4, -0.2) is 58.5 Å². The van der Waals surface area contributed by atoms with E-state index < -0.39 is 0 Å². The summed E-state index contributed by atoms with van der Waals surface area (Å²) in [6, 6.07) is 28.6. The Hall–Kier alpha value is -5.73. The molecule has 6 aromatic rings. The van der Waals surface area contributed by atoms with Gasteiger partial charge in [0.2, 0.25) is 11.8 Å². The number of nitrogen functional groups attached to an aromatic ring is 1. The molecule has 0 bridgehead atoms. The van der Waals surface area contributed by atoms with Gasteiger partial charge in [0.25, 0.3) is 0 Å². The van der Waals surface area contributed by atoms with Gasteiger partial charge in [0.15, 0.2) is 11.5 Å². The summed E-state index contributed by atoms with van der Waals surface area (Å²) in [6.07, 6.45) is 5.11. The number of aromatic nitrogens is 7. The van der Waals surface area contributed by atoms with Crippen LogP contribution in [0.2, 0.25) is 0 Å². The number of pyridine rings is 2. The summed E-state index contributed by atoms with van der Waals surface area (Å²) in [5, 5.41) is 12.5. The summed E-state index contributed by atoms with van der Waals surface area (Å²) in [6.45, 7) is 2.66. The number of hydrogen-bond acceptors (Lipinski definition) is 10. The molecule has 44 heavy (non-hydrogen) atoms. The van der Waals surface area contributed by atoms with E-state index in [0.717, 1.165) is 66.1 Å². The highest BCUT2D eigenvalue weighted by Crippen LogP contribution is 2.32. The maximum atomic E-state index is 9.10. The Morgan fingerprint density at radius 1 is 0.909 bits per heavy atom. The highest BCUT2D eigenvalue weighted by atomic mass is 15.2. The van der Waals surface area contributed by atoms with Crippen molar-refractivity contribution in [2.24, 2.45) is 0 Å². The monoisotopic (exact) mass is 579 g/mol. The summed E-state index contributed by atoms with van der Waals surface area (Å²) in [5.41, 5.74) is 12.7. The van der Waals surface area contributed by atoms with E-state index in [9.17, 15) is 0 Å². The number of hydrogen-bond donors (Lipinski definition) is 2. The molecule has 0 amide bonds. The van der Waals surface area contributed by atoms with Gasteiger partial charge in [0, 0.05) is 36.6 Å². The lowest BCUT2D eigenvalue weighted by atomic mass is 10.0. The maximum absolute atomic E-state index is 9.10. The molecule has 0 saturated carbocycles. The van der Waals surface area contributed by atoms with Gasteiger partial charge < -0.3 is 11.1 Å². The molecule has 0 aliphatic carbocycles. The number of piperidine rings is 1. The average Bonchev–Trinajstić information content (AvgIpc) is 3.44. The van der Waals surface area contributed by atoms with Crippen molar-refractivity contribution >= 4 is 22.9 Å². The zero-order valence-corrected chi connectivity index (χ0v) is 23.9. The molecule has 216 valence electrons. The van der Waals surface area contributed by atoms with Gasteiger partial charge in [-0.05, 0) is 61.3 Å². The third kappa shape index (κ3) is 5.54. The summed E-state index contributed by atoms with van der Waals surface area (Å²) in [5.74, 6) is 1.66. The van der Waals surface area contributed by atoms with Crippen LogP contribution in [0.1, 0.15) is 24.2 Å². The van der Waals surface area contributed by atoms with Crippen molar-refractivity contribution in [1.82, 2.24) is 39.4 Å². The molecule has 1 fully saturated rings. The summed E-state index contributed by atoms with van der Waals surface area (Å²) in [4.78, 5) is 29.0. The molecular weight excluding hydrogens is 550 g/mol. The molecular formula is C33H29N11. The van der Waals surface area contributed by atoms with E-state index in [-0.39, 0.29) is 11.9 Å². The number of nitrogens with two attached hydrogens (primary N) is 1. The van der Waals surface area contributed by atoms with E-state index >= 15 is 0 Å². The standard InChI is InChI=1S/C33H29N11/c34-18-29-37-21-38-33(42-29)39-24-8-5-17-43(20-24)19-22-10-12-25(13-11-22)44-31(26-9-4-16-36-30(26)35)41-28-15-14-27(40-32(28)44)23-6-2-1-3-7-23/h1-4,6-7,9-16,21,24H,5,8,17,19-20H2,(H2,35,36)(H,37,38,39,42)/t24-/m1/s1. The van der Waals surface area contributed by atoms with Crippen LogP contribution in [0.3, 0.4) is 0 Å². The Morgan fingerprint density at radius 2 is 1.77 bits per heavy atom. The quantitative estimate of drug-likeness (QED) is 0.269. The molecule has 1 aliphatic rings. The molecule has 3 N–H and O–H groups in total. The normalized spacial score (nSPS) is 15.2. The molecule has 2 aromatic carbocycles. The van der Waals surface area contributed by atoms with Crippen molar-refractivity contribution in [3.8, 4) is 34.4 Å². The Morgan fingerprint density at radius 3 is 2.59 bits per heavy atom. The first kappa shape index (κ1) is 27.1. The van der Waals surface area contributed by atoms with E-state index in [4.69, 9.17) is 21.0 Å². The van der Waals surface area contributed by atoms with Crippen LogP contribution < -0.4 is 11.1 Å². The first-order valence-electron chi connectivity index (χ1n) is 14.5. The molecule has 1 saturated heterocycles. The largest absolute Gasteiger partial charge is 0.383 e. The van der Waals surface area contributed by atoms with E-state index in [0.29, 0.717) is 17.6 Å². The molecule has 4 aromatic heterocycles. The van der Waals surface area contributed by atoms with Crippen molar-refractivity contribution in [2.75, 3.05) is 24.1 Å². The number of fused-ring (bicyclic) bond motifs is 1. The molecule has 11 nitrogen and oxygen atoms in total. The Labute approximate surface area is 254 Å². The predicted molar refractivity (Wildman–Crippen MR) is 168 cm³/mol. The fraction of sp³-hybridized carbons (Fsp3) is 0.182. The summed E-state index contributed by atoms with van der Waals surface area (Å²) >= 11 is 0. The fourth-order valence-corrected chi connectivity index (χ4v) is 5.69. The van der Waals surface area contributed by atoms with Crippen molar-refractivity contribution < 1.29 is 0 Å². The summed E-state index contributed by atoms with van der Waals surface area (Å²) < 4.78 is 2.06. The number of rotatable bonds is 7. The molecule has 7 rings (SSSR count). The lowest BCUT2D eigenvalue weighted by Gasteiger charge is -2.33. The lowest BCUT2D eigenvalue weighted by Crippen LogP contribution is -2.41. The van der Waals surface area contributed by atoms with Crippen molar-refractivity contribution in [1.29, 1.82) is 5.26 Å². The van der Waals surface area contributed by atoms with Gasteiger partial charge in [-0.2, -0.15) is 10.2 Å². The number of nitrogens with zero attached hydrogens (tertiary/aromatic N) is 9. The predicted octanol–water partition coefficient (Wildman–Crippen LogP) is 4.86. The summed E-state index contributed by atoms with van der Waals surface area (Å²) in [7, 11) is 0. The van der Waals surface area contributed by atoms with Crippen LogP contribution in [0.4, 0.5) is 11.8 Å². The van der Waals surface area contributed by atoms with Crippen molar-refractivity contribution in [3.63, 3.8) is 0 Å². The molecule has 0 radical (unpaired) electrons. The first-order chi connectivity index (χ1) is 21.6. The maximum Gasteiger partial charge on any atom is 0.236 e. The number of anilines is 2. The fourth-order valence-electron chi connectivity index (χ4n) is 5.69. The molecule has 1 aliphatic heterocycles. The topological polar surface area (TPSA) is 147 Å². The second-order valence-electron chi connectivity index (χ2n) is 10.7. The number of imidazole rings is 1. The molecule has 1 atom stereocenters. The second-order valence-corrected chi connectivity index (χ2v) is 10.7. The Balaban J connectivity index is 1.17. The third-order valence-corrected chi connectivity index (χ3v) is 7.76. The molecule has 0 spiro atoms. The van der Waals surface area contributed by atoms with Gasteiger partial charge >= 0.3 is 0 Å². The van der Waals surface area contributed by atoms with E-state index in [2.05, 4.69) is 71.1 Å². The smallest absolute Gasteiger partial charge is 0.236 e. The number of likely N-dealkylation sites (tertiary alicyclic amines) is 1. The highest BCUT2D eigenvalue weighted by Gasteiger charge is 2.22. The number of nitriles is 1. The molecule has 11 heteroatoms. The van der Waals surface area contributed by atoms with Gasteiger partial charge in [-0.15, -0.1) is 0 Å². The van der Waals surface area contributed by atoms with Crippen molar-refractivity contribution in [2.45, 2.75) is 25.4 Å². The SMILES string of the molecule is N#Cc1ncnc(N[C@@H]2CCCN(Cc3ccc(-n4c(-c5cccnc5N)nc5ccc(-c6ccccc6)nc54)cc3)C2)n1. The van der Waals surface area contributed by atoms with E-state index in [1.54, 1.807) is 6.20 Å². The van der Waals surface area contributed by atoms with Crippen molar-refractivity contribution in [3.05, 3.63) is 103 Å². The van der Waals surface area contributed by atoms with Gasteiger partial charge in [0.1, 0.15) is 23.7 Å². The van der Waals surface area contributed by atoms with Crippen LogP contribution in [-0.2, 0) is 6.54 Å². The Bertz CT molecular complexity index is 1960. The van der Waals surface area contributed by atoms with Crippen LogP contribution in [0.15, 0.2) is 91.4 Å². The van der Waals surface area contributed by atoms with Crippen LogP contribution in [0.5, 0.6) is 0 Å². The number of nitrogens with one attached hydrogen (secondary N) is 1. The average molecular weight is 580 g/mol. The minimum atomic E-state index is 0.113. The third-order valence-electron chi connectivity index (χ3n) is 7.76. The highest BCUT2D eigenvalue weighted by molar-refractivity contribution is 5.84. The lowest BCUT2D eigenvalue weighted by molar-refractivity contribution is 0.208. The molecule has 5 heterocycles. The minimum Gasteiger partial charge on any atom is -0.383 e. The van der Waals surface area contributed by atoms with Gasteiger partial charge in [0.05, 0.1) is 11.3 Å². The minimum absolute atomic E-state index is 0.113. The zero-order valence-electron chi connectivity index (χ0n) is 23.9.